The van der Waals surface area contributed by atoms with Crippen molar-refractivity contribution >= 4 is 40.8 Å². The molecule has 1 aromatic heterocycles. The van der Waals surface area contributed by atoms with Crippen molar-refractivity contribution in [2.24, 2.45) is 4.99 Å². The summed E-state index contributed by atoms with van der Waals surface area (Å²) in [7, 11) is 1.77. The fourth-order valence-corrected chi connectivity index (χ4v) is 2.71. The van der Waals surface area contributed by atoms with Crippen LogP contribution in [0.25, 0.3) is 10.9 Å². The Balaban J connectivity index is 0.00000261. The minimum Gasteiger partial charge on any atom is -0.375 e. The summed E-state index contributed by atoms with van der Waals surface area (Å²) in [5.41, 5.74) is 3.38. The molecule has 0 aliphatic heterocycles. The summed E-state index contributed by atoms with van der Waals surface area (Å²) in [5, 5.41) is 7.77. The first-order chi connectivity index (χ1) is 12.9. The second kappa shape index (κ2) is 11.5. The molecule has 27 heavy (non-hydrogen) atoms. The minimum absolute atomic E-state index is 0. The number of guanidine groups is 1. The van der Waals surface area contributed by atoms with E-state index in [1.165, 1.54) is 11.1 Å². The van der Waals surface area contributed by atoms with E-state index < -0.39 is 0 Å². The van der Waals surface area contributed by atoms with Gasteiger partial charge in [-0.25, -0.2) is 0 Å². The summed E-state index contributed by atoms with van der Waals surface area (Å²) < 4.78 is 5.68. The molecule has 0 unspecified atom stereocenters. The molecule has 0 amide bonds. The quantitative estimate of drug-likeness (QED) is 0.236. The monoisotopic (exact) mass is 476 g/mol. The molecule has 2 aromatic carbocycles. The van der Waals surface area contributed by atoms with Crippen molar-refractivity contribution in [3.8, 4) is 0 Å². The number of aromatic nitrogens is 1. The highest BCUT2D eigenvalue weighted by Gasteiger charge is 2.03. The molecule has 2 N–H and O–H groups in total. The molecule has 1 heterocycles. The molecule has 0 saturated heterocycles. The molecule has 0 saturated carbocycles. The lowest BCUT2D eigenvalue weighted by molar-refractivity contribution is 0.125. The van der Waals surface area contributed by atoms with Gasteiger partial charge in [-0.1, -0.05) is 48.5 Å². The van der Waals surface area contributed by atoms with Crippen molar-refractivity contribution in [1.82, 2.24) is 15.6 Å². The molecule has 0 radical (unpaired) electrons. The van der Waals surface area contributed by atoms with Gasteiger partial charge >= 0.3 is 0 Å². The Bertz CT molecular complexity index is 850. The van der Waals surface area contributed by atoms with Crippen LogP contribution in [-0.2, 0) is 17.9 Å². The number of hydrogen-bond acceptors (Lipinski definition) is 3. The summed E-state index contributed by atoms with van der Waals surface area (Å²) in [6.07, 6.45) is 1.84. The van der Waals surface area contributed by atoms with Crippen molar-refractivity contribution in [1.29, 1.82) is 0 Å². The molecule has 0 spiro atoms. The number of aliphatic imine (C=N–C) groups is 1. The van der Waals surface area contributed by atoms with Crippen LogP contribution in [-0.4, -0.2) is 31.1 Å². The van der Waals surface area contributed by atoms with Gasteiger partial charge in [-0.3, -0.25) is 9.98 Å². The van der Waals surface area contributed by atoms with Crippen LogP contribution in [0.5, 0.6) is 0 Å². The van der Waals surface area contributed by atoms with Crippen LogP contribution in [0.15, 0.2) is 71.9 Å². The Hall–Kier alpha value is -2.19. The van der Waals surface area contributed by atoms with E-state index in [1.54, 1.807) is 7.05 Å². The van der Waals surface area contributed by atoms with Crippen LogP contribution >= 0.6 is 24.0 Å². The summed E-state index contributed by atoms with van der Waals surface area (Å²) in [4.78, 5) is 8.66. The van der Waals surface area contributed by atoms with E-state index in [2.05, 4.69) is 38.8 Å². The van der Waals surface area contributed by atoms with Crippen molar-refractivity contribution in [3.63, 3.8) is 0 Å². The zero-order valence-corrected chi connectivity index (χ0v) is 17.7. The zero-order valence-electron chi connectivity index (χ0n) is 15.4. The number of pyridine rings is 1. The number of halogens is 1. The molecular formula is C21H25IN4O. The first kappa shape index (κ1) is 21.1. The summed E-state index contributed by atoms with van der Waals surface area (Å²) in [6, 6.07) is 20.4. The van der Waals surface area contributed by atoms with Crippen LogP contribution < -0.4 is 10.6 Å². The van der Waals surface area contributed by atoms with Gasteiger partial charge in [0.25, 0.3) is 0 Å². The van der Waals surface area contributed by atoms with Gasteiger partial charge in [0.15, 0.2) is 5.96 Å². The Labute approximate surface area is 177 Å². The van der Waals surface area contributed by atoms with E-state index in [0.29, 0.717) is 26.3 Å². The number of benzene rings is 2. The summed E-state index contributed by atoms with van der Waals surface area (Å²) in [6.45, 7) is 2.63. The molecule has 0 atom stereocenters. The van der Waals surface area contributed by atoms with E-state index >= 15 is 0 Å². The van der Waals surface area contributed by atoms with Gasteiger partial charge in [-0.2, -0.15) is 0 Å². The first-order valence-corrected chi connectivity index (χ1v) is 8.75. The Morgan fingerprint density at radius 3 is 2.59 bits per heavy atom. The summed E-state index contributed by atoms with van der Waals surface area (Å²) >= 11 is 0. The second-order valence-corrected chi connectivity index (χ2v) is 5.88. The number of rotatable bonds is 7. The van der Waals surface area contributed by atoms with E-state index in [9.17, 15) is 0 Å². The zero-order chi connectivity index (χ0) is 18.0. The van der Waals surface area contributed by atoms with Gasteiger partial charge in [0.05, 0.1) is 18.7 Å². The molecule has 5 nitrogen and oxygen atoms in total. The van der Waals surface area contributed by atoms with Gasteiger partial charge in [-0.15, -0.1) is 24.0 Å². The predicted octanol–water partition coefficient (Wildman–Crippen LogP) is 3.73. The third-order valence-corrected chi connectivity index (χ3v) is 4.06. The fourth-order valence-electron chi connectivity index (χ4n) is 2.71. The van der Waals surface area contributed by atoms with Gasteiger partial charge in [-0.05, 0) is 23.3 Å². The molecule has 0 aliphatic rings. The molecule has 0 aliphatic carbocycles. The van der Waals surface area contributed by atoms with Gasteiger partial charge < -0.3 is 15.4 Å². The SMILES string of the molecule is CN=C(NCCOCc1ccccc1)NCc1ccnc2ccccc12.I. The maximum atomic E-state index is 5.68. The molecule has 0 fully saturated rings. The van der Waals surface area contributed by atoms with E-state index in [-0.39, 0.29) is 24.0 Å². The molecule has 6 heteroatoms. The Morgan fingerprint density at radius 1 is 1.00 bits per heavy atom. The Morgan fingerprint density at radius 2 is 1.78 bits per heavy atom. The molecular weight excluding hydrogens is 451 g/mol. The number of nitrogens with one attached hydrogen (secondary N) is 2. The van der Waals surface area contributed by atoms with Gasteiger partial charge in [0, 0.05) is 31.7 Å². The molecule has 3 aromatic rings. The number of nitrogens with zero attached hydrogens (tertiary/aromatic N) is 2. The van der Waals surface area contributed by atoms with Crippen molar-refractivity contribution in [2.45, 2.75) is 13.2 Å². The number of hydrogen-bond donors (Lipinski definition) is 2. The lowest BCUT2D eigenvalue weighted by atomic mass is 10.1. The van der Waals surface area contributed by atoms with Crippen molar-refractivity contribution < 1.29 is 4.74 Å². The molecule has 142 valence electrons. The third kappa shape index (κ3) is 6.48. The number of ether oxygens (including phenoxy) is 1. The highest BCUT2D eigenvalue weighted by atomic mass is 127. The second-order valence-electron chi connectivity index (χ2n) is 5.88. The van der Waals surface area contributed by atoms with E-state index in [1.807, 2.05) is 48.7 Å². The average molecular weight is 476 g/mol. The minimum atomic E-state index is 0. The average Bonchev–Trinajstić information content (AvgIpc) is 2.71. The topological polar surface area (TPSA) is 58.5 Å². The lowest BCUT2D eigenvalue weighted by Crippen LogP contribution is -2.38. The van der Waals surface area contributed by atoms with Crippen molar-refractivity contribution in [2.75, 3.05) is 20.2 Å². The first-order valence-electron chi connectivity index (χ1n) is 8.75. The van der Waals surface area contributed by atoms with Gasteiger partial charge in [0.2, 0.25) is 0 Å². The highest BCUT2D eigenvalue weighted by molar-refractivity contribution is 14.0. The maximum Gasteiger partial charge on any atom is 0.191 e. The van der Waals surface area contributed by atoms with Crippen LogP contribution in [0.3, 0.4) is 0 Å². The maximum absolute atomic E-state index is 5.68. The van der Waals surface area contributed by atoms with Gasteiger partial charge in [0.1, 0.15) is 0 Å². The van der Waals surface area contributed by atoms with E-state index in [0.717, 1.165) is 16.9 Å². The smallest absolute Gasteiger partial charge is 0.191 e. The molecule has 0 bridgehead atoms. The predicted molar refractivity (Wildman–Crippen MR) is 121 cm³/mol. The van der Waals surface area contributed by atoms with Crippen LogP contribution in [0.4, 0.5) is 0 Å². The number of fused-ring (bicyclic) bond motifs is 1. The van der Waals surface area contributed by atoms with Crippen LogP contribution in [0.1, 0.15) is 11.1 Å². The van der Waals surface area contributed by atoms with E-state index in [4.69, 9.17) is 4.74 Å². The van der Waals surface area contributed by atoms with Crippen molar-refractivity contribution in [3.05, 3.63) is 78.0 Å². The summed E-state index contributed by atoms with van der Waals surface area (Å²) in [5.74, 6) is 0.759. The molecule has 3 rings (SSSR count). The fraction of sp³-hybridized carbons (Fsp3) is 0.238. The largest absolute Gasteiger partial charge is 0.375 e. The number of para-hydroxylation sites is 1. The standard InChI is InChI=1S/C21H24N4O.HI/c1-22-21(24-13-14-26-16-17-7-3-2-4-8-17)25-15-18-11-12-23-20-10-6-5-9-19(18)20;/h2-12H,13-16H2,1H3,(H2,22,24,25);1H. The lowest BCUT2D eigenvalue weighted by Gasteiger charge is -2.13. The third-order valence-electron chi connectivity index (χ3n) is 4.06. The van der Waals surface area contributed by atoms with Crippen LogP contribution in [0.2, 0.25) is 0 Å². The van der Waals surface area contributed by atoms with Crippen LogP contribution in [0, 0.1) is 0 Å². The Kier molecular flexibility index (Phi) is 9.00. The highest BCUT2D eigenvalue weighted by Crippen LogP contribution is 2.15. The normalized spacial score (nSPS) is 11.1.